The minimum Gasteiger partial charge on any atom is -0.387 e. The minimum absolute atomic E-state index is 0.605. The molecule has 2 aromatic carbocycles. The number of rotatable bonds is 4. The van der Waals surface area contributed by atoms with E-state index in [0.717, 1.165) is 23.1 Å². The zero-order valence-corrected chi connectivity index (χ0v) is 15.0. The standard InChI is InChI=1S/C21H25FO4/c1-3-13-5-7-14(8-6-13)10-16-11-15(9-4-12(16)2)20-19(24)18(23)17(22)21(25)26-20/h4-9,11,17-21,23-25H,3,10H2,1-2H3/t17?,18-,19+,20-,21-/m0/s1. The van der Waals surface area contributed by atoms with E-state index >= 15 is 0 Å². The Hall–Kier alpha value is -1.79. The number of aliphatic hydroxyl groups excluding tert-OH is 3. The Balaban J connectivity index is 1.85. The van der Waals surface area contributed by atoms with Crippen LogP contribution < -0.4 is 0 Å². The molecule has 140 valence electrons. The number of aryl methyl sites for hydroxylation is 2. The van der Waals surface area contributed by atoms with Gasteiger partial charge < -0.3 is 20.1 Å². The number of ether oxygens (including phenoxy) is 1. The van der Waals surface area contributed by atoms with E-state index in [1.807, 2.05) is 19.1 Å². The van der Waals surface area contributed by atoms with Gasteiger partial charge in [-0.15, -0.1) is 0 Å². The van der Waals surface area contributed by atoms with Gasteiger partial charge in [0.1, 0.15) is 18.3 Å². The molecule has 3 rings (SSSR count). The summed E-state index contributed by atoms with van der Waals surface area (Å²) in [4.78, 5) is 0. The molecule has 0 radical (unpaired) electrons. The fraction of sp³-hybridized carbons (Fsp3) is 0.429. The van der Waals surface area contributed by atoms with Crippen molar-refractivity contribution in [1.29, 1.82) is 0 Å². The van der Waals surface area contributed by atoms with Gasteiger partial charge in [-0.25, -0.2) is 4.39 Å². The first kappa shape index (κ1) is 19.0. The second-order valence-electron chi connectivity index (χ2n) is 6.91. The maximum absolute atomic E-state index is 13.6. The van der Waals surface area contributed by atoms with Crippen molar-refractivity contribution in [2.75, 3.05) is 0 Å². The summed E-state index contributed by atoms with van der Waals surface area (Å²) < 4.78 is 18.8. The first-order valence-electron chi connectivity index (χ1n) is 8.91. The van der Waals surface area contributed by atoms with Crippen LogP contribution >= 0.6 is 0 Å². The average Bonchev–Trinajstić information content (AvgIpc) is 2.65. The summed E-state index contributed by atoms with van der Waals surface area (Å²) in [7, 11) is 0. The molecule has 0 spiro atoms. The predicted octanol–water partition coefficient (Wildman–Crippen LogP) is 2.60. The Morgan fingerprint density at radius 2 is 1.62 bits per heavy atom. The third kappa shape index (κ3) is 3.81. The summed E-state index contributed by atoms with van der Waals surface area (Å²) in [5, 5.41) is 29.6. The van der Waals surface area contributed by atoms with Crippen molar-refractivity contribution in [2.45, 2.75) is 57.5 Å². The van der Waals surface area contributed by atoms with Crippen molar-refractivity contribution in [3.8, 4) is 0 Å². The average molecular weight is 360 g/mol. The fourth-order valence-electron chi connectivity index (χ4n) is 3.29. The Labute approximate surface area is 152 Å². The highest BCUT2D eigenvalue weighted by Gasteiger charge is 2.44. The highest BCUT2D eigenvalue weighted by Crippen LogP contribution is 2.34. The van der Waals surface area contributed by atoms with Gasteiger partial charge in [-0.1, -0.05) is 49.4 Å². The van der Waals surface area contributed by atoms with E-state index in [0.29, 0.717) is 12.0 Å². The van der Waals surface area contributed by atoms with Crippen molar-refractivity contribution >= 4 is 0 Å². The maximum atomic E-state index is 13.6. The van der Waals surface area contributed by atoms with Crippen LogP contribution in [-0.4, -0.2) is 40.0 Å². The number of hydrogen-bond donors (Lipinski definition) is 3. The molecule has 0 bridgehead atoms. The summed E-state index contributed by atoms with van der Waals surface area (Å²) in [6, 6.07) is 14.0. The van der Waals surface area contributed by atoms with Gasteiger partial charge in [-0.2, -0.15) is 0 Å². The Kier molecular flexibility index (Phi) is 5.73. The number of alkyl halides is 1. The molecule has 1 fully saturated rings. The van der Waals surface area contributed by atoms with Crippen molar-refractivity contribution in [3.05, 3.63) is 70.3 Å². The quantitative estimate of drug-likeness (QED) is 0.784. The molecule has 1 saturated heterocycles. The molecule has 0 aliphatic carbocycles. The van der Waals surface area contributed by atoms with Crippen LogP contribution in [0.2, 0.25) is 0 Å². The van der Waals surface area contributed by atoms with E-state index in [1.165, 1.54) is 5.56 Å². The Morgan fingerprint density at radius 1 is 0.962 bits per heavy atom. The molecule has 5 atom stereocenters. The van der Waals surface area contributed by atoms with E-state index in [2.05, 4.69) is 31.2 Å². The number of halogens is 1. The summed E-state index contributed by atoms with van der Waals surface area (Å²) in [5.74, 6) is 0. The maximum Gasteiger partial charge on any atom is 0.189 e. The summed E-state index contributed by atoms with van der Waals surface area (Å²) in [5.41, 5.74) is 5.18. The van der Waals surface area contributed by atoms with Crippen LogP contribution in [0.5, 0.6) is 0 Å². The topological polar surface area (TPSA) is 69.9 Å². The predicted molar refractivity (Wildman–Crippen MR) is 96.5 cm³/mol. The van der Waals surface area contributed by atoms with E-state index < -0.39 is 30.8 Å². The second-order valence-corrected chi connectivity index (χ2v) is 6.91. The van der Waals surface area contributed by atoms with Gasteiger partial charge >= 0.3 is 0 Å². The molecule has 1 aliphatic heterocycles. The summed E-state index contributed by atoms with van der Waals surface area (Å²) in [6.07, 6.45) is -6.18. The molecule has 1 unspecified atom stereocenters. The van der Waals surface area contributed by atoms with Gasteiger partial charge in [0, 0.05) is 0 Å². The van der Waals surface area contributed by atoms with E-state index in [4.69, 9.17) is 4.74 Å². The third-order valence-corrected chi connectivity index (χ3v) is 5.07. The first-order chi connectivity index (χ1) is 12.4. The lowest BCUT2D eigenvalue weighted by molar-refractivity contribution is -0.268. The summed E-state index contributed by atoms with van der Waals surface area (Å²) in [6.45, 7) is 4.11. The largest absolute Gasteiger partial charge is 0.387 e. The van der Waals surface area contributed by atoms with Gasteiger partial charge in [0.05, 0.1) is 0 Å². The van der Waals surface area contributed by atoms with Crippen molar-refractivity contribution < 1.29 is 24.4 Å². The molecule has 1 heterocycles. The third-order valence-electron chi connectivity index (χ3n) is 5.07. The van der Waals surface area contributed by atoms with E-state index in [-0.39, 0.29) is 0 Å². The molecule has 0 amide bonds. The van der Waals surface area contributed by atoms with Crippen LogP contribution in [0.25, 0.3) is 0 Å². The smallest absolute Gasteiger partial charge is 0.189 e. The van der Waals surface area contributed by atoms with Gasteiger partial charge in [0.2, 0.25) is 0 Å². The van der Waals surface area contributed by atoms with Gasteiger partial charge in [-0.3, -0.25) is 0 Å². The normalized spacial score (nSPS) is 28.9. The lowest BCUT2D eigenvalue weighted by Gasteiger charge is -2.37. The Bertz CT molecular complexity index is 746. The molecular formula is C21H25FO4. The lowest BCUT2D eigenvalue weighted by atomic mass is 9.91. The molecule has 3 N–H and O–H groups in total. The molecule has 2 aromatic rings. The van der Waals surface area contributed by atoms with E-state index in [9.17, 15) is 19.7 Å². The zero-order chi connectivity index (χ0) is 18.8. The monoisotopic (exact) mass is 360 g/mol. The summed E-state index contributed by atoms with van der Waals surface area (Å²) >= 11 is 0. The molecule has 1 aliphatic rings. The zero-order valence-electron chi connectivity index (χ0n) is 15.0. The highest BCUT2D eigenvalue weighted by atomic mass is 19.1. The van der Waals surface area contributed by atoms with E-state index in [1.54, 1.807) is 6.07 Å². The van der Waals surface area contributed by atoms with Crippen molar-refractivity contribution in [1.82, 2.24) is 0 Å². The van der Waals surface area contributed by atoms with Gasteiger partial charge in [0.25, 0.3) is 0 Å². The highest BCUT2D eigenvalue weighted by molar-refractivity contribution is 5.37. The SMILES string of the molecule is CCc1ccc(Cc2cc([C@@H]3O[C@H](O)C(F)[C@H](O)[C@H]3O)ccc2C)cc1. The van der Waals surface area contributed by atoms with Gasteiger partial charge in [0.15, 0.2) is 12.5 Å². The van der Waals surface area contributed by atoms with Crippen molar-refractivity contribution in [2.24, 2.45) is 0 Å². The lowest BCUT2D eigenvalue weighted by Crippen LogP contribution is -2.52. The molecule has 0 aromatic heterocycles. The second kappa shape index (κ2) is 7.84. The van der Waals surface area contributed by atoms with Crippen LogP contribution in [0, 0.1) is 6.92 Å². The molecule has 4 nitrogen and oxygen atoms in total. The van der Waals surface area contributed by atoms with Crippen LogP contribution in [0.3, 0.4) is 0 Å². The van der Waals surface area contributed by atoms with Crippen LogP contribution in [0.4, 0.5) is 4.39 Å². The minimum atomic E-state index is -2.02. The van der Waals surface area contributed by atoms with Gasteiger partial charge in [-0.05, 0) is 47.6 Å². The Morgan fingerprint density at radius 3 is 2.27 bits per heavy atom. The first-order valence-corrected chi connectivity index (χ1v) is 8.91. The molecule has 26 heavy (non-hydrogen) atoms. The molecular weight excluding hydrogens is 335 g/mol. The fourth-order valence-corrected chi connectivity index (χ4v) is 3.29. The van der Waals surface area contributed by atoms with Crippen LogP contribution in [0.1, 0.15) is 40.8 Å². The molecule has 5 heteroatoms. The number of benzene rings is 2. The van der Waals surface area contributed by atoms with Crippen LogP contribution in [-0.2, 0) is 17.6 Å². The number of hydrogen-bond acceptors (Lipinski definition) is 4. The molecule has 0 saturated carbocycles. The van der Waals surface area contributed by atoms with Crippen molar-refractivity contribution in [3.63, 3.8) is 0 Å². The van der Waals surface area contributed by atoms with Crippen LogP contribution in [0.15, 0.2) is 42.5 Å². The number of aliphatic hydroxyl groups is 3.